The second-order valence-electron chi connectivity index (χ2n) is 6.97. The summed E-state index contributed by atoms with van der Waals surface area (Å²) in [5, 5.41) is 9.20. The lowest BCUT2D eigenvalue weighted by Crippen LogP contribution is -2.40. The number of carbonyl (C=O) groups excluding carboxylic acids is 1. The van der Waals surface area contributed by atoms with Crippen LogP contribution in [-0.2, 0) is 6.42 Å². The number of Topliss-reactive ketones (excluding diaryl/α,β-unsaturated/α-hetero) is 1. The Morgan fingerprint density at radius 1 is 1.29 bits per heavy atom. The van der Waals surface area contributed by atoms with Crippen LogP contribution >= 0.6 is 11.3 Å². The summed E-state index contributed by atoms with van der Waals surface area (Å²) in [7, 11) is 0. The molecule has 2 rings (SSSR count). The number of aryl methyl sites for hydroxylation is 1. The number of allylic oxidation sites excluding steroid dienone is 4. The lowest BCUT2D eigenvalue weighted by Gasteiger charge is -2.20. The molecule has 0 bridgehead atoms. The SMILES string of the molecule is C[C@](N)(CO)CCc1ccc(C(=O)CCCCC2=CCCC=C2)s1. The molecule has 1 aliphatic rings. The maximum Gasteiger partial charge on any atom is 0.172 e. The molecule has 1 aromatic rings. The van der Waals surface area contributed by atoms with Crippen LogP contribution in [0, 0.1) is 0 Å². The smallest absolute Gasteiger partial charge is 0.172 e. The minimum atomic E-state index is -0.545. The molecule has 1 aromatic heterocycles. The molecule has 1 aliphatic carbocycles. The number of nitrogens with two attached hydrogens (primary N) is 1. The van der Waals surface area contributed by atoms with E-state index in [1.807, 2.05) is 19.1 Å². The molecular weight excluding hydrogens is 318 g/mol. The molecule has 132 valence electrons. The summed E-state index contributed by atoms with van der Waals surface area (Å²) in [6.07, 6.45) is 14.3. The summed E-state index contributed by atoms with van der Waals surface area (Å²) in [5.41, 5.74) is 6.82. The number of hydrogen-bond donors (Lipinski definition) is 2. The Balaban J connectivity index is 1.71. The molecule has 3 N–H and O–H groups in total. The van der Waals surface area contributed by atoms with E-state index in [2.05, 4.69) is 18.2 Å². The molecule has 1 heterocycles. The lowest BCUT2D eigenvalue weighted by molar-refractivity contribution is 0.0983. The van der Waals surface area contributed by atoms with E-state index < -0.39 is 5.54 Å². The van der Waals surface area contributed by atoms with Crippen LogP contribution in [0.25, 0.3) is 0 Å². The molecule has 1 atom stereocenters. The van der Waals surface area contributed by atoms with Crippen molar-refractivity contribution in [3.05, 3.63) is 45.7 Å². The predicted molar refractivity (Wildman–Crippen MR) is 102 cm³/mol. The van der Waals surface area contributed by atoms with E-state index >= 15 is 0 Å². The van der Waals surface area contributed by atoms with Gasteiger partial charge in [-0.15, -0.1) is 11.3 Å². The van der Waals surface area contributed by atoms with Gasteiger partial charge in [-0.3, -0.25) is 4.79 Å². The van der Waals surface area contributed by atoms with Crippen LogP contribution in [-0.4, -0.2) is 23.0 Å². The van der Waals surface area contributed by atoms with Crippen LogP contribution in [0.5, 0.6) is 0 Å². The summed E-state index contributed by atoms with van der Waals surface area (Å²) in [5.74, 6) is 0.247. The van der Waals surface area contributed by atoms with Gasteiger partial charge in [0, 0.05) is 16.8 Å². The fourth-order valence-electron chi connectivity index (χ4n) is 2.74. The van der Waals surface area contributed by atoms with Crippen LogP contribution in [0.3, 0.4) is 0 Å². The molecule has 3 nitrogen and oxygen atoms in total. The summed E-state index contributed by atoms with van der Waals surface area (Å²) in [4.78, 5) is 14.3. The molecule has 0 saturated carbocycles. The van der Waals surface area contributed by atoms with Gasteiger partial charge in [-0.05, 0) is 64.0 Å². The van der Waals surface area contributed by atoms with Crippen LogP contribution in [0.4, 0.5) is 0 Å². The minimum absolute atomic E-state index is 0.0181. The summed E-state index contributed by atoms with van der Waals surface area (Å²) in [6.45, 7) is 1.83. The Morgan fingerprint density at radius 2 is 2.12 bits per heavy atom. The Labute approximate surface area is 149 Å². The maximum absolute atomic E-state index is 12.3. The quantitative estimate of drug-likeness (QED) is 0.487. The summed E-state index contributed by atoms with van der Waals surface area (Å²) >= 11 is 1.57. The Hall–Kier alpha value is -1.23. The number of rotatable bonds is 10. The number of aliphatic hydroxyl groups is 1. The molecule has 0 aromatic carbocycles. The molecule has 0 amide bonds. The number of unbranched alkanes of at least 4 members (excludes halogenated alkanes) is 1. The molecule has 0 radical (unpaired) electrons. The zero-order valence-corrected chi connectivity index (χ0v) is 15.4. The highest BCUT2D eigenvalue weighted by Crippen LogP contribution is 2.23. The number of hydrogen-bond acceptors (Lipinski definition) is 4. The highest BCUT2D eigenvalue weighted by molar-refractivity contribution is 7.14. The monoisotopic (exact) mass is 347 g/mol. The van der Waals surface area contributed by atoms with Gasteiger partial charge in [0.1, 0.15) is 0 Å². The number of thiophene rings is 1. The molecule has 0 aliphatic heterocycles. The van der Waals surface area contributed by atoms with Crippen LogP contribution < -0.4 is 5.73 Å². The fourth-order valence-corrected chi connectivity index (χ4v) is 3.72. The van der Waals surface area contributed by atoms with Crippen LogP contribution in [0.1, 0.15) is 66.4 Å². The van der Waals surface area contributed by atoms with E-state index in [0.29, 0.717) is 6.42 Å². The van der Waals surface area contributed by atoms with Crippen molar-refractivity contribution in [3.63, 3.8) is 0 Å². The first kappa shape index (κ1) is 19.1. The van der Waals surface area contributed by atoms with E-state index in [0.717, 1.165) is 49.8 Å². The van der Waals surface area contributed by atoms with Gasteiger partial charge in [-0.2, -0.15) is 0 Å². The summed E-state index contributed by atoms with van der Waals surface area (Å²) in [6, 6.07) is 3.95. The highest BCUT2D eigenvalue weighted by Gasteiger charge is 2.17. The van der Waals surface area contributed by atoms with E-state index in [-0.39, 0.29) is 12.4 Å². The third-order valence-electron chi connectivity index (χ3n) is 4.43. The number of ketones is 1. The zero-order valence-electron chi connectivity index (χ0n) is 14.6. The van der Waals surface area contributed by atoms with Crippen molar-refractivity contribution in [1.82, 2.24) is 0 Å². The predicted octanol–water partition coefficient (Wildman–Crippen LogP) is 4.41. The van der Waals surface area contributed by atoms with Crippen molar-refractivity contribution < 1.29 is 9.90 Å². The van der Waals surface area contributed by atoms with Gasteiger partial charge in [-0.1, -0.05) is 23.8 Å². The van der Waals surface area contributed by atoms with Crippen molar-refractivity contribution >= 4 is 17.1 Å². The van der Waals surface area contributed by atoms with Crippen molar-refractivity contribution in [1.29, 1.82) is 0 Å². The first-order valence-corrected chi connectivity index (χ1v) is 9.69. The van der Waals surface area contributed by atoms with Crippen molar-refractivity contribution in [2.45, 2.75) is 63.8 Å². The van der Waals surface area contributed by atoms with Crippen molar-refractivity contribution in [3.8, 4) is 0 Å². The largest absolute Gasteiger partial charge is 0.394 e. The third kappa shape index (κ3) is 6.34. The lowest BCUT2D eigenvalue weighted by atomic mass is 9.98. The first-order valence-electron chi connectivity index (χ1n) is 8.87. The third-order valence-corrected chi connectivity index (χ3v) is 5.62. The molecule has 0 saturated heterocycles. The van der Waals surface area contributed by atoms with Gasteiger partial charge < -0.3 is 10.8 Å². The molecule has 0 unspecified atom stereocenters. The van der Waals surface area contributed by atoms with E-state index in [1.165, 1.54) is 10.5 Å². The van der Waals surface area contributed by atoms with E-state index in [9.17, 15) is 9.90 Å². The highest BCUT2D eigenvalue weighted by atomic mass is 32.1. The van der Waals surface area contributed by atoms with Gasteiger partial charge in [0.25, 0.3) is 0 Å². The average Bonchev–Trinajstić information content (AvgIpc) is 3.07. The minimum Gasteiger partial charge on any atom is -0.394 e. The summed E-state index contributed by atoms with van der Waals surface area (Å²) < 4.78 is 0. The first-order chi connectivity index (χ1) is 11.5. The normalized spacial score (nSPS) is 16.7. The van der Waals surface area contributed by atoms with Crippen molar-refractivity contribution in [2.75, 3.05) is 6.61 Å². The van der Waals surface area contributed by atoms with Crippen LogP contribution in [0.15, 0.2) is 35.9 Å². The second-order valence-corrected chi connectivity index (χ2v) is 8.14. The number of aliphatic hydroxyl groups excluding tert-OH is 1. The van der Waals surface area contributed by atoms with E-state index in [4.69, 9.17) is 5.73 Å². The molecular formula is C20H29NO2S. The molecule has 0 spiro atoms. The molecule has 24 heavy (non-hydrogen) atoms. The average molecular weight is 348 g/mol. The number of carbonyl (C=O) groups is 1. The van der Waals surface area contributed by atoms with E-state index in [1.54, 1.807) is 11.3 Å². The Morgan fingerprint density at radius 3 is 2.83 bits per heavy atom. The maximum atomic E-state index is 12.3. The van der Waals surface area contributed by atoms with Gasteiger partial charge in [0.2, 0.25) is 0 Å². The van der Waals surface area contributed by atoms with Gasteiger partial charge >= 0.3 is 0 Å². The standard InChI is InChI=1S/C20H29NO2S/c1-20(21,15-22)14-13-17-11-12-19(24-17)18(23)10-6-5-9-16-7-3-2-4-8-16/h3,7-8,11-12,22H,2,4-6,9-10,13-15,21H2,1H3/t20-/m1/s1. The zero-order chi connectivity index (χ0) is 17.4. The topological polar surface area (TPSA) is 63.3 Å². The van der Waals surface area contributed by atoms with Gasteiger partial charge in [0.15, 0.2) is 5.78 Å². The van der Waals surface area contributed by atoms with Crippen molar-refractivity contribution in [2.24, 2.45) is 5.73 Å². The Bertz CT molecular complexity index is 599. The second kappa shape index (κ2) is 9.30. The molecule has 0 fully saturated rings. The van der Waals surface area contributed by atoms with Gasteiger partial charge in [0.05, 0.1) is 11.5 Å². The van der Waals surface area contributed by atoms with Crippen LogP contribution in [0.2, 0.25) is 0 Å². The Kier molecular flexibility index (Phi) is 7.40. The fraction of sp³-hybridized carbons (Fsp3) is 0.550. The molecule has 4 heteroatoms. The van der Waals surface area contributed by atoms with Gasteiger partial charge in [-0.25, -0.2) is 0 Å².